The molecule has 4 heteroatoms. The molecule has 2 unspecified atom stereocenters. The van der Waals surface area contributed by atoms with E-state index in [0.29, 0.717) is 12.0 Å². The predicted molar refractivity (Wildman–Crippen MR) is 76.2 cm³/mol. The van der Waals surface area contributed by atoms with Crippen molar-refractivity contribution in [3.63, 3.8) is 0 Å². The van der Waals surface area contributed by atoms with E-state index in [2.05, 4.69) is 12.2 Å². The first-order chi connectivity index (χ1) is 9.22. The Hall–Kier alpha value is -0.640. The van der Waals surface area contributed by atoms with Crippen LogP contribution in [0.1, 0.15) is 31.7 Å². The molecule has 2 rings (SSSR count). The van der Waals surface area contributed by atoms with Gasteiger partial charge >= 0.3 is 0 Å². The van der Waals surface area contributed by atoms with Crippen LogP contribution in [0.15, 0.2) is 18.2 Å². The van der Waals surface area contributed by atoms with Gasteiger partial charge in [-0.15, -0.1) is 0 Å². The van der Waals surface area contributed by atoms with Crippen molar-refractivity contribution >= 4 is 11.6 Å². The van der Waals surface area contributed by atoms with Crippen LogP contribution in [-0.2, 0) is 11.2 Å². The van der Waals surface area contributed by atoms with Crippen LogP contribution in [0.5, 0.6) is 0 Å². The van der Waals surface area contributed by atoms with Crippen LogP contribution in [0.2, 0.25) is 5.02 Å². The molecular weight excluding hydrogens is 265 g/mol. The normalized spacial score (nSPS) is 21.3. The summed E-state index contributed by atoms with van der Waals surface area (Å²) >= 11 is 5.83. The van der Waals surface area contributed by atoms with E-state index in [9.17, 15) is 4.39 Å². The minimum Gasteiger partial charge on any atom is -0.377 e. The fourth-order valence-corrected chi connectivity index (χ4v) is 2.82. The Bertz CT molecular complexity index is 407. The van der Waals surface area contributed by atoms with Gasteiger partial charge in [0.05, 0.1) is 11.1 Å². The van der Waals surface area contributed by atoms with Gasteiger partial charge in [0.2, 0.25) is 0 Å². The molecule has 1 aliphatic heterocycles. The van der Waals surface area contributed by atoms with E-state index >= 15 is 0 Å². The third-order valence-corrected chi connectivity index (χ3v) is 3.89. The summed E-state index contributed by atoms with van der Waals surface area (Å²) in [7, 11) is 0. The number of halogens is 2. The SMILES string of the molecule is CCNC(Cc1cccc(Cl)c1F)C1CCCCO1. The Morgan fingerprint density at radius 3 is 3.00 bits per heavy atom. The number of hydrogen-bond donors (Lipinski definition) is 1. The zero-order chi connectivity index (χ0) is 13.7. The molecule has 0 bridgehead atoms. The number of hydrogen-bond acceptors (Lipinski definition) is 2. The van der Waals surface area contributed by atoms with Gasteiger partial charge in [0.15, 0.2) is 0 Å². The van der Waals surface area contributed by atoms with Crippen molar-refractivity contribution in [3.05, 3.63) is 34.6 Å². The van der Waals surface area contributed by atoms with Crippen LogP contribution in [0.3, 0.4) is 0 Å². The van der Waals surface area contributed by atoms with Crippen molar-refractivity contribution in [3.8, 4) is 0 Å². The van der Waals surface area contributed by atoms with Crippen LogP contribution < -0.4 is 5.32 Å². The summed E-state index contributed by atoms with van der Waals surface area (Å²) in [4.78, 5) is 0. The van der Waals surface area contributed by atoms with Gasteiger partial charge in [-0.3, -0.25) is 0 Å². The number of rotatable bonds is 5. The predicted octanol–water partition coefficient (Wildman–Crippen LogP) is 3.57. The molecule has 0 aliphatic carbocycles. The Labute approximate surface area is 119 Å². The second-order valence-corrected chi connectivity index (χ2v) is 5.39. The summed E-state index contributed by atoms with van der Waals surface area (Å²) in [6.07, 6.45) is 4.14. The molecular formula is C15H21ClFNO. The summed E-state index contributed by atoms with van der Waals surface area (Å²) < 4.78 is 19.8. The highest BCUT2D eigenvalue weighted by molar-refractivity contribution is 6.30. The molecule has 106 valence electrons. The lowest BCUT2D eigenvalue weighted by Crippen LogP contribution is -2.44. The molecule has 2 nitrogen and oxygen atoms in total. The second-order valence-electron chi connectivity index (χ2n) is 4.99. The van der Waals surface area contributed by atoms with Gasteiger partial charge in [0, 0.05) is 12.6 Å². The van der Waals surface area contributed by atoms with E-state index < -0.39 is 0 Å². The van der Waals surface area contributed by atoms with Gasteiger partial charge in [-0.05, 0) is 43.9 Å². The van der Waals surface area contributed by atoms with Crippen molar-refractivity contribution < 1.29 is 9.13 Å². The molecule has 2 atom stereocenters. The molecule has 0 radical (unpaired) electrons. The van der Waals surface area contributed by atoms with Crippen LogP contribution in [0.4, 0.5) is 4.39 Å². The first-order valence-corrected chi connectivity index (χ1v) is 7.38. The number of benzene rings is 1. The minimum absolute atomic E-state index is 0.151. The fraction of sp³-hybridized carbons (Fsp3) is 0.600. The maximum absolute atomic E-state index is 14.0. The number of likely N-dealkylation sites (N-methyl/N-ethyl adjacent to an activating group) is 1. The largest absolute Gasteiger partial charge is 0.377 e. The number of ether oxygens (including phenoxy) is 1. The molecule has 0 spiro atoms. The van der Waals surface area contributed by atoms with Gasteiger partial charge in [0.25, 0.3) is 0 Å². The van der Waals surface area contributed by atoms with Crippen molar-refractivity contribution in [2.45, 2.75) is 44.8 Å². The summed E-state index contributed by atoms with van der Waals surface area (Å²) in [6.45, 7) is 3.72. The Kier molecular flexibility index (Phi) is 5.61. The maximum atomic E-state index is 14.0. The second kappa shape index (κ2) is 7.22. The smallest absolute Gasteiger partial charge is 0.145 e. The summed E-state index contributed by atoms with van der Waals surface area (Å²) in [6, 6.07) is 5.33. The Balaban J connectivity index is 2.08. The standard InChI is InChI=1S/C15H21ClFNO/c1-2-18-13(14-8-3-4-9-19-14)10-11-6-5-7-12(16)15(11)17/h5-7,13-14,18H,2-4,8-10H2,1H3. The van der Waals surface area contributed by atoms with Gasteiger partial charge in [0.1, 0.15) is 5.82 Å². The molecule has 1 aromatic rings. The summed E-state index contributed by atoms with van der Waals surface area (Å²) in [5.74, 6) is -0.303. The average Bonchev–Trinajstić information content (AvgIpc) is 2.44. The third-order valence-electron chi connectivity index (χ3n) is 3.60. The molecule has 1 aliphatic rings. The lowest BCUT2D eigenvalue weighted by atomic mass is 9.95. The first kappa shape index (κ1) is 14.8. The van der Waals surface area contributed by atoms with E-state index in [1.54, 1.807) is 18.2 Å². The number of nitrogens with one attached hydrogen (secondary N) is 1. The zero-order valence-corrected chi connectivity index (χ0v) is 12.0. The van der Waals surface area contributed by atoms with Gasteiger partial charge in [-0.1, -0.05) is 30.7 Å². The molecule has 1 saturated heterocycles. The van der Waals surface area contributed by atoms with E-state index in [0.717, 1.165) is 26.0 Å². The zero-order valence-electron chi connectivity index (χ0n) is 11.3. The van der Waals surface area contributed by atoms with Crippen molar-refractivity contribution in [2.75, 3.05) is 13.2 Å². The lowest BCUT2D eigenvalue weighted by molar-refractivity contribution is -0.00723. The molecule has 0 saturated carbocycles. The Morgan fingerprint density at radius 1 is 1.47 bits per heavy atom. The quantitative estimate of drug-likeness (QED) is 0.893. The molecule has 1 fully saturated rings. The summed E-state index contributed by atoms with van der Waals surface area (Å²) in [5, 5.41) is 3.60. The molecule has 1 aromatic carbocycles. The highest BCUT2D eigenvalue weighted by Gasteiger charge is 2.25. The third kappa shape index (κ3) is 3.91. The van der Waals surface area contributed by atoms with E-state index in [1.807, 2.05) is 0 Å². The summed E-state index contributed by atoms with van der Waals surface area (Å²) in [5.41, 5.74) is 0.660. The van der Waals surface area contributed by atoms with E-state index in [1.165, 1.54) is 6.42 Å². The molecule has 0 amide bonds. The van der Waals surface area contributed by atoms with E-state index in [-0.39, 0.29) is 23.0 Å². The molecule has 19 heavy (non-hydrogen) atoms. The van der Waals surface area contributed by atoms with Crippen LogP contribution in [0.25, 0.3) is 0 Å². The van der Waals surface area contributed by atoms with Crippen molar-refractivity contribution in [2.24, 2.45) is 0 Å². The van der Waals surface area contributed by atoms with E-state index in [4.69, 9.17) is 16.3 Å². The first-order valence-electron chi connectivity index (χ1n) is 7.00. The lowest BCUT2D eigenvalue weighted by Gasteiger charge is -2.31. The highest BCUT2D eigenvalue weighted by atomic mass is 35.5. The van der Waals surface area contributed by atoms with Crippen LogP contribution in [0, 0.1) is 5.82 Å². The molecule has 0 aromatic heterocycles. The van der Waals surface area contributed by atoms with Crippen LogP contribution >= 0.6 is 11.6 Å². The van der Waals surface area contributed by atoms with Crippen LogP contribution in [-0.4, -0.2) is 25.3 Å². The van der Waals surface area contributed by atoms with Gasteiger partial charge < -0.3 is 10.1 Å². The van der Waals surface area contributed by atoms with Gasteiger partial charge in [-0.2, -0.15) is 0 Å². The monoisotopic (exact) mass is 285 g/mol. The molecule has 1 N–H and O–H groups in total. The topological polar surface area (TPSA) is 21.3 Å². The van der Waals surface area contributed by atoms with Crippen molar-refractivity contribution in [1.82, 2.24) is 5.32 Å². The molecule has 1 heterocycles. The fourth-order valence-electron chi connectivity index (χ4n) is 2.62. The minimum atomic E-state index is -0.303. The average molecular weight is 286 g/mol. The van der Waals surface area contributed by atoms with Crippen molar-refractivity contribution in [1.29, 1.82) is 0 Å². The Morgan fingerprint density at radius 2 is 2.32 bits per heavy atom. The highest BCUT2D eigenvalue weighted by Crippen LogP contribution is 2.23. The van der Waals surface area contributed by atoms with Gasteiger partial charge in [-0.25, -0.2) is 4.39 Å². The maximum Gasteiger partial charge on any atom is 0.145 e.